The van der Waals surface area contributed by atoms with E-state index in [1.807, 2.05) is 10.8 Å². The Kier molecular flexibility index (Phi) is 6.79. The standard InChI is InChI=1S/C25H25ClN4O5/c1-14-18(15(2)28-20(14)25(34)35-3)22(31)19-21(16-5-7-17(26)8-6-16)30(24(33)23(19)32)11-4-10-29-12-9-27-13-29/h5-9,12-13,21,28,31H,4,10-11H2,1-3H3/b22-19+/t21-/m0/s1. The molecule has 4 rings (SSSR count). The molecule has 1 aromatic carbocycles. The van der Waals surface area contributed by atoms with Gasteiger partial charge in [0, 0.05) is 41.8 Å². The van der Waals surface area contributed by atoms with Crippen molar-refractivity contribution in [2.24, 2.45) is 0 Å². The van der Waals surface area contributed by atoms with Gasteiger partial charge in [-0.3, -0.25) is 9.59 Å². The van der Waals surface area contributed by atoms with Crippen molar-refractivity contribution in [3.8, 4) is 0 Å². The van der Waals surface area contributed by atoms with Crippen LogP contribution in [0, 0.1) is 13.8 Å². The third kappa shape index (κ3) is 4.46. The number of aromatic amines is 1. The lowest BCUT2D eigenvalue weighted by atomic mass is 9.94. The van der Waals surface area contributed by atoms with E-state index in [1.165, 1.54) is 12.0 Å². The number of esters is 1. The largest absolute Gasteiger partial charge is 0.507 e. The van der Waals surface area contributed by atoms with E-state index in [9.17, 15) is 19.5 Å². The van der Waals surface area contributed by atoms with E-state index in [2.05, 4.69) is 9.97 Å². The number of methoxy groups -OCH3 is 1. The molecule has 10 heteroatoms. The lowest BCUT2D eigenvalue weighted by Gasteiger charge is -2.25. The number of imidazole rings is 1. The number of aryl methyl sites for hydroxylation is 2. The van der Waals surface area contributed by atoms with E-state index in [1.54, 1.807) is 50.6 Å². The maximum Gasteiger partial charge on any atom is 0.354 e. The summed E-state index contributed by atoms with van der Waals surface area (Å²) in [6.45, 7) is 4.20. The Bertz CT molecular complexity index is 1310. The molecule has 1 atom stereocenters. The van der Waals surface area contributed by atoms with Gasteiger partial charge in [0.2, 0.25) is 0 Å². The lowest BCUT2D eigenvalue weighted by molar-refractivity contribution is -0.139. The minimum Gasteiger partial charge on any atom is -0.507 e. The van der Waals surface area contributed by atoms with Crippen molar-refractivity contribution in [1.82, 2.24) is 19.4 Å². The molecule has 1 aliphatic rings. The van der Waals surface area contributed by atoms with Gasteiger partial charge in [-0.25, -0.2) is 9.78 Å². The van der Waals surface area contributed by atoms with Crippen molar-refractivity contribution in [1.29, 1.82) is 0 Å². The van der Waals surface area contributed by atoms with E-state index in [0.717, 1.165) is 0 Å². The van der Waals surface area contributed by atoms with E-state index >= 15 is 0 Å². The van der Waals surface area contributed by atoms with Gasteiger partial charge in [0.15, 0.2) is 0 Å². The average Bonchev–Trinajstić information content (AvgIpc) is 3.52. The summed E-state index contributed by atoms with van der Waals surface area (Å²) in [5.41, 5.74) is 1.96. The number of H-pyrrole nitrogens is 1. The first-order chi connectivity index (χ1) is 16.7. The molecule has 0 radical (unpaired) electrons. The first kappa shape index (κ1) is 24.3. The lowest BCUT2D eigenvalue weighted by Crippen LogP contribution is -2.31. The zero-order valence-corrected chi connectivity index (χ0v) is 20.3. The summed E-state index contributed by atoms with van der Waals surface area (Å²) in [5.74, 6) is -2.43. The molecule has 0 spiro atoms. The van der Waals surface area contributed by atoms with Gasteiger partial charge in [0.25, 0.3) is 11.7 Å². The van der Waals surface area contributed by atoms with Crippen LogP contribution in [0.2, 0.25) is 5.02 Å². The fraction of sp³-hybridized carbons (Fsp3) is 0.280. The summed E-state index contributed by atoms with van der Waals surface area (Å²) >= 11 is 6.07. The number of carbonyl (C=O) groups is 3. The highest BCUT2D eigenvalue weighted by molar-refractivity contribution is 6.46. The monoisotopic (exact) mass is 496 g/mol. The normalized spacial score (nSPS) is 17.3. The number of hydrogen-bond donors (Lipinski definition) is 2. The van der Waals surface area contributed by atoms with Crippen LogP contribution in [0.15, 0.2) is 48.6 Å². The van der Waals surface area contributed by atoms with Crippen LogP contribution in [-0.4, -0.2) is 55.9 Å². The first-order valence-electron chi connectivity index (χ1n) is 11.0. The summed E-state index contributed by atoms with van der Waals surface area (Å²) in [7, 11) is 1.26. The molecule has 1 amide bonds. The smallest absolute Gasteiger partial charge is 0.354 e. The molecule has 0 aliphatic carbocycles. The van der Waals surface area contributed by atoms with Crippen LogP contribution in [0.5, 0.6) is 0 Å². The summed E-state index contributed by atoms with van der Waals surface area (Å²) in [5, 5.41) is 11.9. The molecule has 0 unspecified atom stereocenters. The number of ketones is 1. The molecule has 3 aromatic rings. The van der Waals surface area contributed by atoms with Gasteiger partial charge < -0.3 is 24.3 Å². The molecule has 1 aliphatic heterocycles. The number of halogens is 1. The number of hydrogen-bond acceptors (Lipinski definition) is 6. The third-order valence-corrected chi connectivity index (χ3v) is 6.42. The second kappa shape index (κ2) is 9.79. The zero-order valence-electron chi connectivity index (χ0n) is 19.5. The third-order valence-electron chi connectivity index (χ3n) is 6.16. The topological polar surface area (TPSA) is 118 Å². The number of Topliss-reactive ketones (excluding diaryl/α,β-unsaturated/α-hetero) is 1. The SMILES string of the molecule is COC(=O)c1[nH]c(C)c(/C(O)=C2\C(=O)C(=O)N(CCCn3ccnc3)[C@H]2c2ccc(Cl)cc2)c1C. The molecule has 1 fully saturated rings. The first-order valence-corrected chi connectivity index (χ1v) is 11.4. The molecule has 9 nitrogen and oxygen atoms in total. The number of amides is 1. The number of aliphatic hydroxyl groups is 1. The van der Waals surface area contributed by atoms with Gasteiger partial charge in [0.05, 0.1) is 25.1 Å². The maximum absolute atomic E-state index is 13.2. The number of nitrogens with one attached hydrogen (secondary N) is 1. The van der Waals surface area contributed by atoms with Crippen LogP contribution < -0.4 is 0 Å². The van der Waals surface area contributed by atoms with E-state index in [-0.39, 0.29) is 23.6 Å². The Balaban J connectivity index is 1.79. The molecule has 0 saturated carbocycles. The van der Waals surface area contributed by atoms with E-state index in [0.29, 0.717) is 40.4 Å². The molecule has 35 heavy (non-hydrogen) atoms. The Morgan fingerprint density at radius 3 is 2.54 bits per heavy atom. The van der Waals surface area contributed by atoms with E-state index in [4.69, 9.17) is 16.3 Å². The van der Waals surface area contributed by atoms with Crippen molar-refractivity contribution in [2.75, 3.05) is 13.7 Å². The van der Waals surface area contributed by atoms with Crippen LogP contribution in [0.3, 0.4) is 0 Å². The van der Waals surface area contributed by atoms with Gasteiger partial charge in [0.1, 0.15) is 11.5 Å². The molecule has 182 valence electrons. The number of aliphatic hydroxyl groups excluding tert-OH is 1. The minimum atomic E-state index is -0.815. The fourth-order valence-electron chi connectivity index (χ4n) is 4.49. The van der Waals surface area contributed by atoms with Gasteiger partial charge in [-0.2, -0.15) is 0 Å². The Labute approximate surface area is 207 Å². The molecule has 3 heterocycles. The predicted molar refractivity (Wildman–Crippen MR) is 129 cm³/mol. The summed E-state index contributed by atoms with van der Waals surface area (Å²) in [6, 6.07) is 5.98. The molecule has 1 saturated heterocycles. The second-order valence-corrected chi connectivity index (χ2v) is 8.75. The average molecular weight is 497 g/mol. The number of aromatic nitrogens is 3. The van der Waals surface area contributed by atoms with Gasteiger partial charge >= 0.3 is 5.97 Å². The van der Waals surface area contributed by atoms with Gasteiger partial charge in [-0.1, -0.05) is 23.7 Å². The molecule has 2 N–H and O–H groups in total. The predicted octanol–water partition coefficient (Wildman–Crippen LogP) is 3.78. The van der Waals surface area contributed by atoms with Gasteiger partial charge in [-0.05, 0) is 43.5 Å². The Morgan fingerprint density at radius 2 is 1.91 bits per heavy atom. The quantitative estimate of drug-likeness (QED) is 0.222. The van der Waals surface area contributed by atoms with Crippen molar-refractivity contribution in [3.63, 3.8) is 0 Å². The highest BCUT2D eigenvalue weighted by Gasteiger charge is 2.46. The molecule has 0 bridgehead atoms. The summed E-state index contributed by atoms with van der Waals surface area (Å²) < 4.78 is 6.69. The number of carbonyl (C=O) groups excluding carboxylic acids is 3. The van der Waals surface area contributed by atoms with Crippen molar-refractivity contribution in [2.45, 2.75) is 32.9 Å². The number of benzene rings is 1. The van der Waals surface area contributed by atoms with Gasteiger partial charge in [-0.15, -0.1) is 0 Å². The van der Waals surface area contributed by atoms with Crippen LogP contribution in [-0.2, 0) is 20.9 Å². The maximum atomic E-state index is 13.2. The van der Waals surface area contributed by atoms with Crippen LogP contribution in [0.1, 0.15) is 45.3 Å². The highest BCUT2D eigenvalue weighted by Crippen LogP contribution is 2.41. The highest BCUT2D eigenvalue weighted by atomic mass is 35.5. The second-order valence-electron chi connectivity index (χ2n) is 8.31. The van der Waals surface area contributed by atoms with Crippen LogP contribution in [0.4, 0.5) is 0 Å². The summed E-state index contributed by atoms with van der Waals surface area (Å²) in [6.07, 6.45) is 5.74. The summed E-state index contributed by atoms with van der Waals surface area (Å²) in [4.78, 5) is 46.9. The number of ether oxygens (including phenoxy) is 1. The number of rotatable bonds is 7. The fourth-order valence-corrected chi connectivity index (χ4v) is 4.62. The van der Waals surface area contributed by atoms with Crippen molar-refractivity contribution in [3.05, 3.63) is 81.7 Å². The molecule has 2 aromatic heterocycles. The molecular weight excluding hydrogens is 472 g/mol. The van der Waals surface area contributed by atoms with Crippen LogP contribution in [0.25, 0.3) is 5.76 Å². The van der Waals surface area contributed by atoms with Crippen molar-refractivity contribution < 1.29 is 24.2 Å². The molecular formula is C25H25ClN4O5. The Morgan fingerprint density at radius 1 is 1.20 bits per heavy atom. The van der Waals surface area contributed by atoms with E-state index < -0.39 is 23.7 Å². The van der Waals surface area contributed by atoms with Crippen LogP contribution >= 0.6 is 11.6 Å². The minimum absolute atomic E-state index is 0.0402. The van der Waals surface area contributed by atoms with Crippen molar-refractivity contribution >= 4 is 35.0 Å². The number of likely N-dealkylation sites (tertiary alicyclic amines) is 1. The zero-order chi connectivity index (χ0) is 25.3. The number of nitrogens with zero attached hydrogens (tertiary/aromatic N) is 3. The Hall–Kier alpha value is -3.85.